The van der Waals surface area contributed by atoms with Crippen molar-refractivity contribution in [3.8, 4) is 5.88 Å². The van der Waals surface area contributed by atoms with E-state index in [2.05, 4.69) is 10.3 Å². The first-order valence-corrected chi connectivity index (χ1v) is 8.77. The molecule has 2 rings (SSSR count). The van der Waals surface area contributed by atoms with E-state index in [4.69, 9.17) is 14.2 Å². The normalized spacial score (nSPS) is 21.5. The van der Waals surface area contributed by atoms with E-state index in [-0.39, 0.29) is 12.3 Å². The van der Waals surface area contributed by atoms with Gasteiger partial charge < -0.3 is 24.6 Å². The van der Waals surface area contributed by atoms with Gasteiger partial charge in [0.05, 0.1) is 18.2 Å². The van der Waals surface area contributed by atoms with Gasteiger partial charge in [-0.2, -0.15) is 13.2 Å². The van der Waals surface area contributed by atoms with E-state index < -0.39 is 47.9 Å². The number of hydrogen-bond donors (Lipinski definition) is 2. The van der Waals surface area contributed by atoms with Crippen LogP contribution in [-0.4, -0.2) is 47.2 Å². The van der Waals surface area contributed by atoms with Gasteiger partial charge in [0.25, 0.3) is 0 Å². The maximum absolute atomic E-state index is 13.0. The average molecular weight is 406 g/mol. The number of ether oxygens (including phenoxy) is 3. The molecule has 0 aliphatic carbocycles. The molecule has 0 fully saturated rings. The smallest absolute Gasteiger partial charge is 0.433 e. The minimum Gasteiger partial charge on any atom is -0.471 e. The zero-order valence-electron chi connectivity index (χ0n) is 16.3. The highest BCUT2D eigenvalue weighted by Crippen LogP contribution is 2.40. The molecular weight excluding hydrogens is 381 g/mol. The SMILES string of the molecule is CO[C@H](C[C@@H]1Oc2nc(C(F)(F)F)ccc2[C@@H]1NC(=O)OC(C)(C)C)[C@H](C)O. The maximum Gasteiger partial charge on any atom is 0.433 e. The van der Waals surface area contributed by atoms with Gasteiger partial charge in [0.1, 0.15) is 17.4 Å². The number of aliphatic hydroxyl groups excluding tert-OH is 1. The Bertz CT molecular complexity index is 703. The Morgan fingerprint density at radius 3 is 2.50 bits per heavy atom. The molecule has 1 amide bonds. The summed E-state index contributed by atoms with van der Waals surface area (Å²) in [6, 6.07) is 1.24. The Balaban J connectivity index is 2.31. The summed E-state index contributed by atoms with van der Waals surface area (Å²) in [5.74, 6) is -0.221. The highest BCUT2D eigenvalue weighted by atomic mass is 19.4. The van der Waals surface area contributed by atoms with E-state index in [1.807, 2.05) is 0 Å². The van der Waals surface area contributed by atoms with Crippen LogP contribution < -0.4 is 10.1 Å². The van der Waals surface area contributed by atoms with E-state index in [0.29, 0.717) is 5.56 Å². The summed E-state index contributed by atoms with van der Waals surface area (Å²) in [7, 11) is 1.40. The fourth-order valence-electron chi connectivity index (χ4n) is 2.86. The Labute approximate surface area is 161 Å². The van der Waals surface area contributed by atoms with Crippen molar-refractivity contribution >= 4 is 6.09 Å². The molecule has 0 saturated heterocycles. The molecule has 10 heteroatoms. The van der Waals surface area contributed by atoms with Gasteiger partial charge in [0, 0.05) is 19.1 Å². The first kappa shape index (κ1) is 22.2. The number of carbonyl (C=O) groups is 1. The first-order valence-electron chi connectivity index (χ1n) is 8.77. The number of carbonyl (C=O) groups excluding carboxylic acids is 1. The van der Waals surface area contributed by atoms with Crippen LogP contribution in [0.25, 0.3) is 0 Å². The predicted molar refractivity (Wildman–Crippen MR) is 92.9 cm³/mol. The largest absolute Gasteiger partial charge is 0.471 e. The highest BCUT2D eigenvalue weighted by Gasteiger charge is 2.42. The van der Waals surface area contributed by atoms with Crippen molar-refractivity contribution in [3.63, 3.8) is 0 Å². The Morgan fingerprint density at radius 2 is 2.00 bits per heavy atom. The van der Waals surface area contributed by atoms with Gasteiger partial charge in [-0.1, -0.05) is 0 Å². The van der Waals surface area contributed by atoms with Crippen LogP contribution in [0.3, 0.4) is 0 Å². The van der Waals surface area contributed by atoms with E-state index in [9.17, 15) is 23.1 Å². The minimum absolute atomic E-state index is 0.117. The maximum atomic E-state index is 13.0. The molecule has 1 aliphatic heterocycles. The molecule has 0 saturated carbocycles. The summed E-state index contributed by atoms with van der Waals surface area (Å²) in [5, 5.41) is 12.4. The molecular formula is C18H25F3N2O5. The molecule has 28 heavy (non-hydrogen) atoms. The Kier molecular flexibility index (Phi) is 6.44. The number of alkyl halides is 3. The third-order valence-corrected chi connectivity index (χ3v) is 4.13. The molecule has 1 aromatic heterocycles. The molecule has 2 heterocycles. The van der Waals surface area contributed by atoms with Crippen molar-refractivity contribution in [1.29, 1.82) is 0 Å². The standard InChI is InChI=1S/C18H25F3N2O5/c1-9(24)11(26-5)8-12-14(23-16(25)28-17(2,3)4)10-6-7-13(18(19,20)21)22-15(10)27-12/h6-7,9,11-12,14,24H,8H2,1-5H3,(H,23,25)/t9-,11+,12-,14-/m0/s1. The van der Waals surface area contributed by atoms with Crippen LogP contribution >= 0.6 is 0 Å². The zero-order valence-corrected chi connectivity index (χ0v) is 16.3. The molecule has 1 aromatic rings. The number of aliphatic hydroxyl groups is 1. The summed E-state index contributed by atoms with van der Waals surface area (Å²) in [4.78, 5) is 15.8. The highest BCUT2D eigenvalue weighted by molar-refractivity contribution is 5.69. The Morgan fingerprint density at radius 1 is 1.36 bits per heavy atom. The second kappa shape index (κ2) is 8.12. The van der Waals surface area contributed by atoms with Crippen molar-refractivity contribution in [2.45, 2.75) is 70.2 Å². The lowest BCUT2D eigenvalue weighted by atomic mass is 9.98. The molecule has 1 aliphatic rings. The summed E-state index contributed by atoms with van der Waals surface area (Å²) >= 11 is 0. The third-order valence-electron chi connectivity index (χ3n) is 4.13. The molecule has 0 spiro atoms. The minimum atomic E-state index is -4.63. The number of alkyl carbamates (subject to hydrolysis) is 1. The number of nitrogens with one attached hydrogen (secondary N) is 1. The van der Waals surface area contributed by atoms with Gasteiger partial charge in [-0.3, -0.25) is 0 Å². The second-order valence-electron chi connectivity index (χ2n) is 7.62. The van der Waals surface area contributed by atoms with E-state index in [1.165, 1.54) is 20.1 Å². The monoisotopic (exact) mass is 406 g/mol. The van der Waals surface area contributed by atoms with E-state index >= 15 is 0 Å². The molecule has 2 N–H and O–H groups in total. The molecule has 0 aromatic carbocycles. The van der Waals surface area contributed by atoms with Gasteiger partial charge in [-0.05, 0) is 39.8 Å². The van der Waals surface area contributed by atoms with Crippen LogP contribution in [0.15, 0.2) is 12.1 Å². The van der Waals surface area contributed by atoms with Crippen LogP contribution in [0.2, 0.25) is 0 Å². The zero-order chi connectivity index (χ0) is 21.3. The van der Waals surface area contributed by atoms with Crippen molar-refractivity contribution < 1.29 is 37.3 Å². The number of pyridine rings is 1. The van der Waals surface area contributed by atoms with Gasteiger partial charge in [-0.25, -0.2) is 9.78 Å². The van der Waals surface area contributed by atoms with Gasteiger partial charge >= 0.3 is 12.3 Å². The van der Waals surface area contributed by atoms with Gasteiger partial charge in [0.2, 0.25) is 5.88 Å². The predicted octanol–water partition coefficient (Wildman–Crippen LogP) is 3.21. The first-order chi connectivity index (χ1) is 12.8. The van der Waals surface area contributed by atoms with Gasteiger partial charge in [-0.15, -0.1) is 0 Å². The molecule has 0 bridgehead atoms. The van der Waals surface area contributed by atoms with Crippen LogP contribution in [0, 0.1) is 0 Å². The Hall–Kier alpha value is -2.07. The number of nitrogens with zero attached hydrogens (tertiary/aromatic N) is 1. The van der Waals surface area contributed by atoms with E-state index in [1.54, 1.807) is 20.8 Å². The van der Waals surface area contributed by atoms with Crippen molar-refractivity contribution in [3.05, 3.63) is 23.4 Å². The van der Waals surface area contributed by atoms with Crippen molar-refractivity contribution in [2.75, 3.05) is 7.11 Å². The molecule has 4 atom stereocenters. The lowest BCUT2D eigenvalue weighted by Crippen LogP contribution is -2.41. The summed E-state index contributed by atoms with van der Waals surface area (Å²) in [6.07, 6.45) is -7.54. The summed E-state index contributed by atoms with van der Waals surface area (Å²) in [5.41, 5.74) is -1.55. The fraction of sp³-hybridized carbons (Fsp3) is 0.667. The van der Waals surface area contributed by atoms with Crippen LogP contribution in [-0.2, 0) is 15.7 Å². The number of fused-ring (bicyclic) bond motifs is 1. The third kappa shape index (κ3) is 5.48. The number of methoxy groups -OCH3 is 1. The lowest BCUT2D eigenvalue weighted by Gasteiger charge is -2.27. The molecule has 158 valence electrons. The number of aromatic nitrogens is 1. The van der Waals surface area contributed by atoms with Crippen LogP contribution in [0.1, 0.15) is 51.4 Å². The fourth-order valence-corrected chi connectivity index (χ4v) is 2.86. The number of hydrogen-bond acceptors (Lipinski definition) is 6. The quantitative estimate of drug-likeness (QED) is 0.781. The lowest BCUT2D eigenvalue weighted by molar-refractivity contribution is -0.141. The molecule has 0 unspecified atom stereocenters. The van der Waals surface area contributed by atoms with Gasteiger partial charge in [0.15, 0.2) is 0 Å². The van der Waals surface area contributed by atoms with Crippen LogP contribution in [0.5, 0.6) is 5.88 Å². The second-order valence-corrected chi connectivity index (χ2v) is 7.62. The number of amides is 1. The van der Waals surface area contributed by atoms with E-state index in [0.717, 1.165) is 6.07 Å². The number of halogens is 3. The average Bonchev–Trinajstić information content (AvgIpc) is 2.86. The molecule has 0 radical (unpaired) electrons. The number of rotatable bonds is 5. The molecule has 7 nitrogen and oxygen atoms in total. The summed E-state index contributed by atoms with van der Waals surface area (Å²) < 4.78 is 54.9. The van der Waals surface area contributed by atoms with Crippen LogP contribution in [0.4, 0.5) is 18.0 Å². The van der Waals surface area contributed by atoms with Crippen molar-refractivity contribution in [1.82, 2.24) is 10.3 Å². The topological polar surface area (TPSA) is 89.9 Å². The van der Waals surface area contributed by atoms with Crippen molar-refractivity contribution in [2.24, 2.45) is 0 Å². The summed E-state index contributed by atoms with van der Waals surface area (Å²) in [6.45, 7) is 6.59.